The molecule has 0 saturated carbocycles. The Kier molecular flexibility index (Phi) is 6.94. The predicted octanol–water partition coefficient (Wildman–Crippen LogP) is 6.93. The fourth-order valence-electron chi connectivity index (χ4n) is 2.76. The number of para-hydroxylation sites is 1. The first-order chi connectivity index (χ1) is 13.9. The number of unbranched alkanes of at least 4 members (excludes halogenated alkanes) is 1. The number of hydrogen-bond acceptors (Lipinski definition) is 4. The molecule has 1 aromatic heterocycles. The molecule has 8 heteroatoms. The molecule has 0 spiro atoms. The highest BCUT2D eigenvalue weighted by Crippen LogP contribution is 2.36. The topological polar surface area (TPSA) is 49.8 Å². The Bertz CT molecular complexity index is 959. The van der Waals surface area contributed by atoms with E-state index in [1.807, 2.05) is 36.4 Å². The van der Waals surface area contributed by atoms with Crippen molar-refractivity contribution in [2.45, 2.75) is 32.4 Å². The molecule has 0 fully saturated rings. The van der Waals surface area contributed by atoms with Crippen molar-refractivity contribution in [3.63, 3.8) is 0 Å². The second-order valence-corrected chi connectivity index (χ2v) is 7.72. The molecule has 0 atom stereocenters. The molecule has 0 aliphatic carbocycles. The Morgan fingerprint density at radius 3 is 2.41 bits per heavy atom. The number of benzene rings is 2. The average Bonchev–Trinajstić information content (AvgIpc) is 2.68. The molecule has 2 N–H and O–H groups in total. The van der Waals surface area contributed by atoms with Gasteiger partial charge in [-0.05, 0) is 71.3 Å². The summed E-state index contributed by atoms with van der Waals surface area (Å²) in [5, 5.41) is 5.83. The van der Waals surface area contributed by atoms with Crippen LogP contribution >= 0.6 is 22.6 Å². The summed E-state index contributed by atoms with van der Waals surface area (Å²) in [6.45, 7) is 2.07. The third-order valence-corrected chi connectivity index (χ3v) is 4.98. The quantitative estimate of drug-likeness (QED) is 0.337. The van der Waals surface area contributed by atoms with E-state index in [1.165, 1.54) is 0 Å². The minimum absolute atomic E-state index is 0.0905. The Morgan fingerprint density at radius 2 is 1.72 bits per heavy atom. The van der Waals surface area contributed by atoms with Crippen LogP contribution in [0.3, 0.4) is 0 Å². The Labute approximate surface area is 181 Å². The van der Waals surface area contributed by atoms with Gasteiger partial charge in [0.15, 0.2) is 0 Å². The minimum Gasteiger partial charge on any atom is -0.339 e. The number of aryl methyl sites for hydroxylation is 1. The molecule has 0 saturated heterocycles. The molecule has 29 heavy (non-hydrogen) atoms. The molecule has 3 rings (SSSR count). The molecule has 0 unspecified atom stereocenters. The number of nitrogens with one attached hydrogen (secondary N) is 2. The van der Waals surface area contributed by atoms with E-state index in [4.69, 9.17) is 0 Å². The van der Waals surface area contributed by atoms with Gasteiger partial charge in [0, 0.05) is 21.1 Å². The van der Waals surface area contributed by atoms with E-state index in [2.05, 4.69) is 50.1 Å². The largest absolute Gasteiger partial charge is 0.421 e. The molecule has 2 aromatic carbocycles. The number of anilines is 4. The monoisotopic (exact) mass is 512 g/mol. The Morgan fingerprint density at radius 1 is 1.00 bits per heavy atom. The van der Waals surface area contributed by atoms with E-state index in [0.29, 0.717) is 11.4 Å². The summed E-state index contributed by atoms with van der Waals surface area (Å²) in [7, 11) is 0. The van der Waals surface area contributed by atoms with Gasteiger partial charge in [0.25, 0.3) is 0 Å². The van der Waals surface area contributed by atoms with Crippen LogP contribution < -0.4 is 10.6 Å². The number of aromatic nitrogens is 2. The zero-order valence-electron chi connectivity index (χ0n) is 15.7. The molecule has 0 bridgehead atoms. The second-order valence-electron chi connectivity index (χ2n) is 6.47. The van der Waals surface area contributed by atoms with Gasteiger partial charge in [-0.2, -0.15) is 18.2 Å². The summed E-state index contributed by atoms with van der Waals surface area (Å²) in [5.74, 6) is -0.183. The summed E-state index contributed by atoms with van der Waals surface area (Å²) in [5.41, 5.74) is 1.36. The van der Waals surface area contributed by atoms with Crippen LogP contribution in [0.15, 0.2) is 54.7 Å². The standard InChI is InChI=1S/C21H20F3IN4/c1-2-3-6-14-7-4-5-8-18(14)28-19-17(21(22,23)24)13-26-20(29-19)27-16-11-9-15(25)10-12-16/h4-5,7-13H,2-3,6H2,1H3,(H2,26,27,28,29). The maximum absolute atomic E-state index is 13.5. The second kappa shape index (κ2) is 9.43. The van der Waals surface area contributed by atoms with Crippen molar-refractivity contribution in [3.8, 4) is 0 Å². The van der Waals surface area contributed by atoms with Crippen LogP contribution in [-0.4, -0.2) is 9.97 Å². The smallest absolute Gasteiger partial charge is 0.339 e. The van der Waals surface area contributed by atoms with E-state index < -0.39 is 11.7 Å². The van der Waals surface area contributed by atoms with Gasteiger partial charge in [-0.15, -0.1) is 0 Å². The van der Waals surface area contributed by atoms with E-state index in [1.54, 1.807) is 12.1 Å². The van der Waals surface area contributed by atoms with Crippen LogP contribution in [0.4, 0.5) is 36.3 Å². The lowest BCUT2D eigenvalue weighted by molar-refractivity contribution is -0.137. The van der Waals surface area contributed by atoms with Crippen LogP contribution in [0.2, 0.25) is 0 Å². The van der Waals surface area contributed by atoms with Gasteiger partial charge < -0.3 is 10.6 Å². The van der Waals surface area contributed by atoms with Crippen molar-refractivity contribution in [1.82, 2.24) is 9.97 Å². The van der Waals surface area contributed by atoms with Crippen molar-refractivity contribution < 1.29 is 13.2 Å². The molecule has 0 radical (unpaired) electrons. The van der Waals surface area contributed by atoms with Crippen LogP contribution in [0.25, 0.3) is 0 Å². The van der Waals surface area contributed by atoms with Crippen LogP contribution in [-0.2, 0) is 12.6 Å². The molecular weight excluding hydrogens is 492 g/mol. The Hall–Kier alpha value is -2.36. The fourth-order valence-corrected chi connectivity index (χ4v) is 3.12. The van der Waals surface area contributed by atoms with Crippen molar-refractivity contribution >= 4 is 45.7 Å². The number of rotatable bonds is 7. The van der Waals surface area contributed by atoms with E-state index in [-0.39, 0.29) is 11.8 Å². The van der Waals surface area contributed by atoms with Gasteiger partial charge in [0.05, 0.1) is 0 Å². The summed E-state index contributed by atoms with van der Waals surface area (Å²) in [4.78, 5) is 7.97. The van der Waals surface area contributed by atoms with Crippen LogP contribution in [0.1, 0.15) is 30.9 Å². The lowest BCUT2D eigenvalue weighted by Gasteiger charge is -2.17. The normalized spacial score (nSPS) is 11.3. The van der Waals surface area contributed by atoms with Gasteiger partial charge in [-0.3, -0.25) is 0 Å². The number of alkyl halides is 3. The lowest BCUT2D eigenvalue weighted by atomic mass is 10.1. The highest BCUT2D eigenvalue weighted by atomic mass is 127. The SMILES string of the molecule is CCCCc1ccccc1Nc1nc(Nc2ccc(I)cc2)ncc1C(F)(F)F. The molecule has 4 nitrogen and oxygen atoms in total. The molecule has 0 aliphatic heterocycles. The van der Waals surface area contributed by atoms with Gasteiger partial charge in [0.1, 0.15) is 11.4 Å². The molecule has 0 aliphatic rings. The van der Waals surface area contributed by atoms with Gasteiger partial charge in [-0.25, -0.2) is 4.98 Å². The number of nitrogens with zero attached hydrogens (tertiary/aromatic N) is 2. The number of hydrogen-bond donors (Lipinski definition) is 2. The van der Waals surface area contributed by atoms with E-state index >= 15 is 0 Å². The van der Waals surface area contributed by atoms with Crippen molar-refractivity contribution in [2.75, 3.05) is 10.6 Å². The van der Waals surface area contributed by atoms with Gasteiger partial charge >= 0.3 is 6.18 Å². The summed E-state index contributed by atoms with van der Waals surface area (Å²) in [6.07, 6.45) is -1.03. The molecular formula is C21H20F3IN4. The minimum atomic E-state index is -4.57. The third kappa shape index (κ3) is 5.81. The van der Waals surface area contributed by atoms with E-state index in [0.717, 1.165) is 34.6 Å². The fraction of sp³-hybridized carbons (Fsp3) is 0.238. The van der Waals surface area contributed by atoms with Crippen molar-refractivity contribution in [3.05, 3.63) is 69.4 Å². The maximum atomic E-state index is 13.5. The van der Waals surface area contributed by atoms with Gasteiger partial charge in [-0.1, -0.05) is 31.5 Å². The maximum Gasteiger partial charge on any atom is 0.421 e. The van der Waals surface area contributed by atoms with E-state index in [9.17, 15) is 13.2 Å². The third-order valence-electron chi connectivity index (χ3n) is 4.26. The molecule has 1 heterocycles. The average molecular weight is 512 g/mol. The zero-order valence-corrected chi connectivity index (χ0v) is 17.9. The highest BCUT2D eigenvalue weighted by Gasteiger charge is 2.35. The first-order valence-electron chi connectivity index (χ1n) is 9.18. The summed E-state index contributed by atoms with van der Waals surface area (Å²) >= 11 is 2.18. The van der Waals surface area contributed by atoms with Crippen molar-refractivity contribution in [1.29, 1.82) is 0 Å². The summed E-state index contributed by atoms with van der Waals surface area (Å²) < 4.78 is 41.6. The summed E-state index contributed by atoms with van der Waals surface area (Å²) in [6, 6.07) is 14.7. The Balaban J connectivity index is 1.94. The predicted molar refractivity (Wildman–Crippen MR) is 118 cm³/mol. The number of halogens is 4. The van der Waals surface area contributed by atoms with Crippen molar-refractivity contribution in [2.24, 2.45) is 0 Å². The van der Waals surface area contributed by atoms with Gasteiger partial charge in [0.2, 0.25) is 5.95 Å². The lowest BCUT2D eigenvalue weighted by Crippen LogP contribution is -2.13. The first kappa shape index (κ1) is 21.4. The molecule has 152 valence electrons. The zero-order chi connectivity index (χ0) is 20.9. The van der Waals surface area contributed by atoms with Crippen LogP contribution in [0.5, 0.6) is 0 Å². The molecule has 3 aromatic rings. The molecule has 0 amide bonds. The first-order valence-corrected chi connectivity index (χ1v) is 10.3. The highest BCUT2D eigenvalue weighted by molar-refractivity contribution is 14.1. The van der Waals surface area contributed by atoms with Crippen LogP contribution in [0, 0.1) is 3.57 Å².